The molecule has 0 aliphatic carbocycles. The van der Waals surface area contributed by atoms with Gasteiger partial charge in [-0.25, -0.2) is 19.6 Å². The minimum Gasteiger partial charge on any atom is -0.465 e. The Hall–Kier alpha value is -5.38. The predicted octanol–water partition coefficient (Wildman–Crippen LogP) is 5.47. The molecule has 15 heteroatoms. The number of pyridine rings is 1. The molecule has 58 heavy (non-hydrogen) atoms. The largest absolute Gasteiger partial charge is 0.465 e. The van der Waals surface area contributed by atoms with Crippen LogP contribution in [0.15, 0.2) is 84.4 Å². The second kappa shape index (κ2) is 20.9. The maximum Gasteiger partial charge on any atom is 0.405 e. The van der Waals surface area contributed by atoms with Crippen LogP contribution >= 0.6 is 11.3 Å². The Balaban J connectivity index is 1.40. The fourth-order valence-corrected chi connectivity index (χ4v) is 7.73. The lowest BCUT2D eigenvalue weighted by Gasteiger charge is -2.35. The third kappa shape index (κ3) is 11.8. The van der Waals surface area contributed by atoms with Gasteiger partial charge in [0.05, 0.1) is 35.1 Å². The monoisotopic (exact) mass is 812 g/mol. The number of hydrogen-bond acceptors (Lipinski definition) is 9. The number of hydrogen-bond donors (Lipinski definition) is 5. The van der Waals surface area contributed by atoms with Gasteiger partial charge >= 0.3 is 12.1 Å². The van der Waals surface area contributed by atoms with Crippen LogP contribution in [0.2, 0.25) is 0 Å². The van der Waals surface area contributed by atoms with E-state index >= 15 is 0 Å². The van der Waals surface area contributed by atoms with Crippen molar-refractivity contribution in [3.8, 4) is 11.3 Å². The van der Waals surface area contributed by atoms with Gasteiger partial charge < -0.3 is 30.6 Å². The summed E-state index contributed by atoms with van der Waals surface area (Å²) in [6.45, 7) is 10.7. The van der Waals surface area contributed by atoms with Gasteiger partial charge in [0, 0.05) is 43.3 Å². The molecule has 14 nitrogen and oxygen atoms in total. The van der Waals surface area contributed by atoms with E-state index in [2.05, 4.69) is 26.0 Å². The van der Waals surface area contributed by atoms with E-state index in [4.69, 9.17) is 0 Å². The number of hydrazine groups is 1. The molecule has 0 unspecified atom stereocenters. The number of benzene rings is 2. The molecule has 1 saturated heterocycles. The number of thiazole rings is 1. The van der Waals surface area contributed by atoms with Crippen molar-refractivity contribution in [2.45, 2.75) is 91.2 Å². The molecule has 0 spiro atoms. The van der Waals surface area contributed by atoms with Crippen molar-refractivity contribution in [2.75, 3.05) is 19.6 Å². The van der Waals surface area contributed by atoms with E-state index < -0.39 is 36.2 Å². The fourth-order valence-electron chi connectivity index (χ4n) is 7.13. The van der Waals surface area contributed by atoms with Gasteiger partial charge in [-0.3, -0.25) is 20.0 Å². The number of carbonyl (C=O) groups excluding carboxylic acids is 3. The third-order valence-electron chi connectivity index (χ3n) is 10.8. The molecule has 1 aliphatic heterocycles. The topological polar surface area (TPSA) is 180 Å². The summed E-state index contributed by atoms with van der Waals surface area (Å²) >= 11 is 1.53. The van der Waals surface area contributed by atoms with Crippen LogP contribution in [0.25, 0.3) is 11.3 Å². The number of carbonyl (C=O) groups is 4. The lowest BCUT2D eigenvalue weighted by molar-refractivity contribution is -0.132. The van der Waals surface area contributed by atoms with Crippen molar-refractivity contribution in [1.29, 1.82) is 0 Å². The Labute approximate surface area is 344 Å². The Morgan fingerprint density at radius 1 is 0.897 bits per heavy atom. The molecule has 0 saturated carbocycles. The molecule has 2 aromatic heterocycles. The highest BCUT2D eigenvalue weighted by Gasteiger charge is 2.41. The van der Waals surface area contributed by atoms with Crippen LogP contribution < -0.4 is 16.1 Å². The molecule has 0 bridgehead atoms. The molecular formula is C43H56N8O6S. The molecule has 1 fully saturated rings. The maximum absolute atomic E-state index is 14.5. The van der Waals surface area contributed by atoms with Crippen LogP contribution in [0, 0.1) is 18.8 Å². The zero-order valence-corrected chi connectivity index (χ0v) is 34.7. The number of aryl methyl sites for hydroxylation is 1. The van der Waals surface area contributed by atoms with Crippen molar-refractivity contribution in [3.63, 3.8) is 0 Å². The van der Waals surface area contributed by atoms with Crippen LogP contribution in [0.4, 0.5) is 9.59 Å². The summed E-state index contributed by atoms with van der Waals surface area (Å²) in [6.07, 6.45) is 0.624. The van der Waals surface area contributed by atoms with E-state index in [1.807, 2.05) is 106 Å². The summed E-state index contributed by atoms with van der Waals surface area (Å²) < 4.78 is 0. The molecule has 5 rings (SSSR count). The second-order valence-corrected chi connectivity index (χ2v) is 16.1. The van der Waals surface area contributed by atoms with Crippen LogP contribution in [0.3, 0.4) is 0 Å². The molecule has 4 aromatic rings. The summed E-state index contributed by atoms with van der Waals surface area (Å²) in [5, 5.41) is 31.5. The molecule has 3 heterocycles. The van der Waals surface area contributed by atoms with Gasteiger partial charge in [-0.05, 0) is 48.4 Å². The van der Waals surface area contributed by atoms with Crippen molar-refractivity contribution in [2.24, 2.45) is 11.8 Å². The Kier molecular flexibility index (Phi) is 15.7. The van der Waals surface area contributed by atoms with Gasteiger partial charge in [0.1, 0.15) is 12.1 Å². The summed E-state index contributed by atoms with van der Waals surface area (Å²) in [7, 11) is 0. The van der Waals surface area contributed by atoms with Crippen LogP contribution in [0.1, 0.15) is 62.4 Å². The van der Waals surface area contributed by atoms with E-state index in [1.54, 1.807) is 27.9 Å². The number of carboxylic acid groups (broad SMARTS) is 1. The van der Waals surface area contributed by atoms with Crippen molar-refractivity contribution >= 4 is 35.3 Å². The number of nitrogens with one attached hydrogen (secondary N) is 3. The normalized spacial score (nSPS) is 16.0. The zero-order chi connectivity index (χ0) is 41.8. The number of amides is 5. The highest BCUT2D eigenvalue weighted by Crippen LogP contribution is 2.24. The van der Waals surface area contributed by atoms with E-state index in [1.165, 1.54) is 11.3 Å². The Bertz CT molecular complexity index is 1950. The Morgan fingerprint density at radius 2 is 1.60 bits per heavy atom. The summed E-state index contributed by atoms with van der Waals surface area (Å²) in [5.74, 6) is -1.46. The van der Waals surface area contributed by atoms with Gasteiger partial charge in [-0.15, -0.1) is 11.3 Å². The van der Waals surface area contributed by atoms with Crippen molar-refractivity contribution in [1.82, 2.24) is 40.8 Å². The first-order valence-corrected chi connectivity index (χ1v) is 20.8. The molecule has 2 aromatic carbocycles. The Morgan fingerprint density at radius 3 is 2.22 bits per heavy atom. The molecule has 310 valence electrons. The fraction of sp³-hybridized carbons (Fsp3) is 0.442. The zero-order valence-electron chi connectivity index (χ0n) is 33.9. The van der Waals surface area contributed by atoms with Crippen molar-refractivity contribution in [3.05, 3.63) is 106 Å². The van der Waals surface area contributed by atoms with E-state index in [0.717, 1.165) is 33.1 Å². The van der Waals surface area contributed by atoms with Gasteiger partial charge in [0.15, 0.2) is 0 Å². The number of aromatic nitrogens is 2. The van der Waals surface area contributed by atoms with Crippen LogP contribution in [-0.4, -0.2) is 103 Å². The molecule has 5 amide bonds. The number of rotatable bonds is 20. The van der Waals surface area contributed by atoms with Crippen molar-refractivity contribution < 1.29 is 29.4 Å². The molecule has 5 N–H and O–H groups in total. The number of aliphatic hydroxyl groups is 1. The van der Waals surface area contributed by atoms with Gasteiger partial charge in [0.25, 0.3) is 5.91 Å². The third-order valence-corrected chi connectivity index (χ3v) is 11.6. The van der Waals surface area contributed by atoms with E-state index in [9.17, 15) is 29.4 Å². The summed E-state index contributed by atoms with van der Waals surface area (Å²) in [6, 6.07) is 19.9. The average molecular weight is 813 g/mol. The predicted molar refractivity (Wildman–Crippen MR) is 223 cm³/mol. The maximum atomic E-state index is 14.5. The molecule has 0 radical (unpaired) electrons. The summed E-state index contributed by atoms with van der Waals surface area (Å²) in [4.78, 5) is 66.1. The summed E-state index contributed by atoms with van der Waals surface area (Å²) in [5.41, 5.74) is 7.08. The highest BCUT2D eigenvalue weighted by molar-refractivity contribution is 7.09. The van der Waals surface area contributed by atoms with Gasteiger partial charge in [-0.2, -0.15) is 0 Å². The van der Waals surface area contributed by atoms with Crippen LogP contribution in [-0.2, 0) is 29.1 Å². The average Bonchev–Trinajstić information content (AvgIpc) is 3.80. The SMILES string of the molecule is CC[C@H](C)[C@H](NC(=O)O)C(=O)NN(Cc1ccc(-c2ccccn2)cc1)C[C@H](O)[C@H](Cc1ccccc1)NC(=O)[C@H]([C@@H](C)CC)N1CCN(Cc2csc(C)n2)C1=O. The second-order valence-electron chi connectivity index (χ2n) is 15.0. The quantitative estimate of drug-likeness (QED) is 0.0724. The minimum atomic E-state index is -1.32. The number of aliphatic hydroxyl groups excluding tert-OH is 1. The smallest absolute Gasteiger partial charge is 0.405 e. The standard InChI is InChI=1S/C43H56N8O6S/c1-6-28(3)38(47-42(55)56)40(53)48-50(24-32-16-18-33(19-17-32)35-15-11-12-20-44-35)26-37(52)36(23-31-13-9-8-10-14-31)46-41(54)39(29(4)7-2)51-22-21-49(43(51)57)25-34-27-58-30(5)45-34/h8-20,27-29,36-39,47,52H,6-7,21-26H2,1-5H3,(H,46,54)(H,48,53)(H,55,56)/t28-,29-,36-,37-,38-,39-/m0/s1. The van der Waals surface area contributed by atoms with Gasteiger partial charge in [-0.1, -0.05) is 101 Å². The van der Waals surface area contributed by atoms with E-state index in [-0.39, 0.29) is 43.3 Å². The first kappa shape index (κ1) is 43.7. The minimum absolute atomic E-state index is 0.122. The lowest BCUT2D eigenvalue weighted by Crippen LogP contribution is -2.59. The first-order chi connectivity index (χ1) is 27.9. The molecular weight excluding hydrogens is 757 g/mol. The number of urea groups is 1. The van der Waals surface area contributed by atoms with Gasteiger partial charge in [0.2, 0.25) is 5.91 Å². The molecule has 6 atom stereocenters. The molecule has 1 aliphatic rings. The van der Waals surface area contributed by atoms with E-state index in [0.29, 0.717) is 32.5 Å². The lowest BCUT2D eigenvalue weighted by atomic mass is 9.95. The first-order valence-electron chi connectivity index (χ1n) is 19.9. The van der Waals surface area contributed by atoms with Crippen LogP contribution in [0.5, 0.6) is 0 Å². The number of nitrogens with zero attached hydrogens (tertiary/aromatic N) is 5. The highest BCUT2D eigenvalue weighted by atomic mass is 32.1.